The highest BCUT2D eigenvalue weighted by atomic mass is 16.3. The van der Waals surface area contributed by atoms with E-state index in [-0.39, 0.29) is 5.41 Å². The van der Waals surface area contributed by atoms with Gasteiger partial charge in [0.05, 0.1) is 11.2 Å². The molecule has 0 aromatic carbocycles. The van der Waals surface area contributed by atoms with E-state index in [1.54, 1.807) is 13.0 Å². The summed E-state index contributed by atoms with van der Waals surface area (Å²) in [7, 11) is 0. The highest BCUT2D eigenvalue weighted by Crippen LogP contribution is 2.48. The van der Waals surface area contributed by atoms with Crippen molar-refractivity contribution in [3.05, 3.63) is 24.3 Å². The molecule has 2 N–H and O–H groups in total. The molecule has 22 heavy (non-hydrogen) atoms. The van der Waals surface area contributed by atoms with E-state index in [9.17, 15) is 10.2 Å². The largest absolute Gasteiger partial charge is 0.390 e. The zero-order chi connectivity index (χ0) is 17.0. The van der Waals surface area contributed by atoms with Crippen LogP contribution in [0.3, 0.4) is 0 Å². The molecule has 1 aliphatic carbocycles. The summed E-state index contributed by atoms with van der Waals surface area (Å²) >= 11 is 0. The lowest BCUT2D eigenvalue weighted by Gasteiger charge is -2.48. The molecule has 1 saturated carbocycles. The Kier molecular flexibility index (Phi) is 6.46. The summed E-state index contributed by atoms with van der Waals surface area (Å²) in [5, 5.41) is 20.7. The number of hydrogen-bond acceptors (Lipinski definition) is 2. The van der Waals surface area contributed by atoms with Crippen LogP contribution in [0.25, 0.3) is 0 Å². The Bertz CT molecular complexity index is 386. The molecule has 1 fully saturated rings. The SMILES string of the molecule is C=C[C@@](C)(O)CC/C=C(\C)CC[C@@H]1C(C)(C)CCC[C@]1(C)O. The van der Waals surface area contributed by atoms with E-state index in [0.29, 0.717) is 12.3 Å². The Balaban J connectivity index is 2.54. The third kappa shape index (κ3) is 5.55. The fraction of sp³-hybridized carbons (Fsp3) is 0.800. The summed E-state index contributed by atoms with van der Waals surface area (Å²) in [6.07, 6.45) is 10.7. The number of hydrogen-bond donors (Lipinski definition) is 2. The van der Waals surface area contributed by atoms with Crippen molar-refractivity contribution >= 4 is 0 Å². The van der Waals surface area contributed by atoms with Crippen LogP contribution in [0.2, 0.25) is 0 Å². The molecular weight excluding hydrogens is 272 g/mol. The van der Waals surface area contributed by atoms with Crippen LogP contribution in [0.5, 0.6) is 0 Å². The number of allylic oxidation sites excluding steroid dienone is 2. The summed E-state index contributed by atoms with van der Waals surface area (Å²) in [5.41, 5.74) is 0.270. The fourth-order valence-electron chi connectivity index (χ4n) is 3.98. The lowest BCUT2D eigenvalue weighted by molar-refractivity contribution is -0.0918. The van der Waals surface area contributed by atoms with Crippen molar-refractivity contribution in [3.63, 3.8) is 0 Å². The average molecular weight is 309 g/mol. The third-order valence-electron chi connectivity index (χ3n) is 5.61. The zero-order valence-corrected chi connectivity index (χ0v) is 15.3. The molecule has 0 bridgehead atoms. The van der Waals surface area contributed by atoms with E-state index < -0.39 is 11.2 Å². The van der Waals surface area contributed by atoms with Gasteiger partial charge in [-0.05, 0) is 70.6 Å². The lowest BCUT2D eigenvalue weighted by Crippen LogP contribution is -2.46. The maximum atomic E-state index is 10.7. The zero-order valence-electron chi connectivity index (χ0n) is 15.3. The molecule has 0 aliphatic heterocycles. The van der Waals surface area contributed by atoms with Crippen molar-refractivity contribution in [1.82, 2.24) is 0 Å². The first kappa shape index (κ1) is 19.4. The molecule has 0 aromatic heterocycles. The van der Waals surface area contributed by atoms with Crippen LogP contribution < -0.4 is 0 Å². The molecular formula is C20H36O2. The standard InChI is InChI=1S/C20H36O2/c1-7-19(5,21)14-8-10-16(2)11-12-17-18(3,4)13-9-15-20(17,6)22/h7,10,17,21-22H,1,8-9,11-15H2,2-6H3/b16-10+/t17-,19-,20+/m1/s1. The minimum Gasteiger partial charge on any atom is -0.390 e. The maximum Gasteiger partial charge on any atom is 0.0800 e. The number of rotatable bonds is 7. The highest BCUT2D eigenvalue weighted by Gasteiger charge is 2.44. The van der Waals surface area contributed by atoms with Crippen LogP contribution in [0.15, 0.2) is 24.3 Å². The Hall–Kier alpha value is -0.600. The predicted octanol–water partition coefficient (Wildman–Crippen LogP) is 5.01. The molecule has 0 radical (unpaired) electrons. The van der Waals surface area contributed by atoms with Gasteiger partial charge in [-0.15, -0.1) is 6.58 Å². The Morgan fingerprint density at radius 3 is 2.50 bits per heavy atom. The minimum atomic E-state index is -0.772. The molecule has 0 saturated heterocycles. The third-order valence-corrected chi connectivity index (χ3v) is 5.61. The Morgan fingerprint density at radius 1 is 1.32 bits per heavy atom. The van der Waals surface area contributed by atoms with Gasteiger partial charge in [-0.25, -0.2) is 0 Å². The summed E-state index contributed by atoms with van der Waals surface area (Å²) in [4.78, 5) is 0. The van der Waals surface area contributed by atoms with Crippen LogP contribution in [-0.4, -0.2) is 21.4 Å². The van der Waals surface area contributed by atoms with Crippen molar-refractivity contribution in [3.8, 4) is 0 Å². The maximum absolute atomic E-state index is 10.7. The molecule has 2 heteroatoms. The van der Waals surface area contributed by atoms with E-state index >= 15 is 0 Å². The van der Waals surface area contributed by atoms with Gasteiger partial charge < -0.3 is 10.2 Å². The van der Waals surface area contributed by atoms with E-state index in [0.717, 1.165) is 32.1 Å². The molecule has 0 unspecified atom stereocenters. The van der Waals surface area contributed by atoms with Crippen LogP contribution in [0.4, 0.5) is 0 Å². The summed E-state index contributed by atoms with van der Waals surface area (Å²) in [6.45, 7) is 14.2. The van der Waals surface area contributed by atoms with Gasteiger partial charge in [0, 0.05) is 0 Å². The predicted molar refractivity (Wildman–Crippen MR) is 94.8 cm³/mol. The molecule has 2 nitrogen and oxygen atoms in total. The molecule has 3 atom stereocenters. The van der Waals surface area contributed by atoms with Gasteiger partial charge in [0.15, 0.2) is 0 Å². The van der Waals surface area contributed by atoms with Gasteiger partial charge in [-0.3, -0.25) is 0 Å². The van der Waals surface area contributed by atoms with Crippen LogP contribution in [0, 0.1) is 11.3 Å². The van der Waals surface area contributed by atoms with E-state index in [4.69, 9.17) is 0 Å². The molecule has 0 aromatic rings. The molecule has 0 spiro atoms. The first-order chi connectivity index (χ1) is 10.0. The normalized spacial score (nSPS) is 31.6. The van der Waals surface area contributed by atoms with Gasteiger partial charge in [0.1, 0.15) is 0 Å². The van der Waals surface area contributed by atoms with Crippen molar-refractivity contribution in [2.45, 2.75) is 90.8 Å². The molecule has 1 aliphatic rings. The topological polar surface area (TPSA) is 40.5 Å². The van der Waals surface area contributed by atoms with Crippen molar-refractivity contribution in [1.29, 1.82) is 0 Å². The second kappa shape index (κ2) is 7.31. The van der Waals surface area contributed by atoms with Gasteiger partial charge in [0.25, 0.3) is 0 Å². The second-order valence-corrected chi connectivity index (χ2v) is 8.44. The summed E-state index contributed by atoms with van der Waals surface area (Å²) in [5.74, 6) is 0.355. The number of aliphatic hydroxyl groups is 2. The van der Waals surface area contributed by atoms with Gasteiger partial charge >= 0.3 is 0 Å². The average Bonchev–Trinajstić information content (AvgIpc) is 2.36. The highest BCUT2D eigenvalue weighted by molar-refractivity contribution is 5.03. The Morgan fingerprint density at radius 2 is 1.95 bits per heavy atom. The quantitative estimate of drug-likeness (QED) is 0.649. The van der Waals surface area contributed by atoms with Crippen LogP contribution in [-0.2, 0) is 0 Å². The minimum absolute atomic E-state index is 0.217. The Labute approximate surface area is 137 Å². The van der Waals surface area contributed by atoms with Crippen molar-refractivity contribution in [2.24, 2.45) is 11.3 Å². The summed E-state index contributed by atoms with van der Waals surface area (Å²) < 4.78 is 0. The van der Waals surface area contributed by atoms with E-state index in [1.165, 1.54) is 12.0 Å². The van der Waals surface area contributed by atoms with E-state index in [1.807, 2.05) is 6.92 Å². The summed E-state index contributed by atoms with van der Waals surface area (Å²) in [6, 6.07) is 0. The van der Waals surface area contributed by atoms with Crippen LogP contribution >= 0.6 is 0 Å². The van der Waals surface area contributed by atoms with Crippen LogP contribution in [0.1, 0.15) is 79.6 Å². The second-order valence-electron chi connectivity index (χ2n) is 8.44. The first-order valence-electron chi connectivity index (χ1n) is 8.74. The molecule has 1 rings (SSSR count). The molecule has 128 valence electrons. The monoisotopic (exact) mass is 308 g/mol. The van der Waals surface area contributed by atoms with Gasteiger partial charge in [-0.2, -0.15) is 0 Å². The van der Waals surface area contributed by atoms with Gasteiger partial charge in [0.2, 0.25) is 0 Å². The molecule has 0 heterocycles. The smallest absolute Gasteiger partial charge is 0.0800 e. The fourth-order valence-corrected chi connectivity index (χ4v) is 3.98. The van der Waals surface area contributed by atoms with Gasteiger partial charge in [-0.1, -0.05) is 38.0 Å². The molecule has 0 amide bonds. The lowest BCUT2D eigenvalue weighted by atomic mass is 9.60. The van der Waals surface area contributed by atoms with Crippen molar-refractivity contribution < 1.29 is 10.2 Å². The van der Waals surface area contributed by atoms with Crippen molar-refractivity contribution in [2.75, 3.05) is 0 Å². The van der Waals surface area contributed by atoms with E-state index in [2.05, 4.69) is 33.4 Å². The first-order valence-corrected chi connectivity index (χ1v) is 8.74.